The molecule has 0 aromatic carbocycles. The lowest BCUT2D eigenvalue weighted by Crippen LogP contribution is -2.06. The second kappa shape index (κ2) is 10.3. The summed E-state index contributed by atoms with van der Waals surface area (Å²) in [6, 6.07) is 0. The Morgan fingerprint density at radius 1 is 1.00 bits per heavy atom. The minimum Gasteiger partial charge on any atom is -0.384 e. The Bertz CT molecular complexity index is 440. The number of hydrogen-bond acceptors (Lipinski definition) is 2. The molecule has 0 aliphatic heterocycles. The van der Waals surface area contributed by atoms with Crippen LogP contribution in [-0.4, -0.2) is 9.55 Å². The number of aromatic nitrogens is 2. The SMILES string of the molecule is C#CCn1c(CCC)nc(CCCCCCCCC)c1N. The smallest absolute Gasteiger partial charge is 0.127 e. The second-order valence-electron chi connectivity index (χ2n) is 5.77. The monoisotopic (exact) mass is 289 g/mol. The van der Waals surface area contributed by atoms with Gasteiger partial charge in [-0.25, -0.2) is 4.98 Å². The van der Waals surface area contributed by atoms with Gasteiger partial charge >= 0.3 is 0 Å². The van der Waals surface area contributed by atoms with E-state index in [1.54, 1.807) is 0 Å². The first-order valence-electron chi connectivity index (χ1n) is 8.51. The summed E-state index contributed by atoms with van der Waals surface area (Å²) in [6.45, 7) is 4.94. The summed E-state index contributed by atoms with van der Waals surface area (Å²) in [5.41, 5.74) is 7.25. The quantitative estimate of drug-likeness (QED) is 0.486. The van der Waals surface area contributed by atoms with Crippen molar-refractivity contribution in [2.75, 3.05) is 5.73 Å². The Morgan fingerprint density at radius 2 is 1.67 bits per heavy atom. The maximum Gasteiger partial charge on any atom is 0.127 e. The molecule has 0 saturated carbocycles. The standard InChI is InChI=1S/C18H31N3/c1-4-7-8-9-10-11-12-14-16-18(19)21(15-6-3)17(20-16)13-5-2/h3H,4-5,7-15,19H2,1-2H3. The lowest BCUT2D eigenvalue weighted by atomic mass is 10.1. The minimum absolute atomic E-state index is 0.533. The molecule has 0 atom stereocenters. The van der Waals surface area contributed by atoms with E-state index >= 15 is 0 Å². The van der Waals surface area contributed by atoms with Gasteiger partial charge in [0.1, 0.15) is 11.6 Å². The van der Waals surface area contributed by atoms with Gasteiger partial charge in [-0.15, -0.1) is 6.42 Å². The van der Waals surface area contributed by atoms with Crippen LogP contribution in [-0.2, 0) is 19.4 Å². The van der Waals surface area contributed by atoms with Crippen LogP contribution in [0.1, 0.15) is 76.7 Å². The Kier molecular flexibility index (Phi) is 8.66. The summed E-state index contributed by atoms with van der Waals surface area (Å²) in [6.07, 6.45) is 17.6. The molecule has 2 N–H and O–H groups in total. The van der Waals surface area contributed by atoms with Gasteiger partial charge in [0.15, 0.2) is 0 Å². The first-order valence-corrected chi connectivity index (χ1v) is 8.51. The zero-order valence-electron chi connectivity index (χ0n) is 13.8. The molecular weight excluding hydrogens is 258 g/mol. The van der Waals surface area contributed by atoms with E-state index in [-0.39, 0.29) is 0 Å². The molecule has 0 aliphatic carbocycles. The van der Waals surface area contributed by atoms with E-state index < -0.39 is 0 Å². The molecule has 0 bridgehead atoms. The molecule has 0 radical (unpaired) electrons. The third-order valence-corrected chi connectivity index (χ3v) is 3.90. The molecule has 0 fully saturated rings. The molecule has 0 saturated heterocycles. The number of aryl methyl sites for hydroxylation is 2. The predicted molar refractivity (Wildman–Crippen MR) is 91.2 cm³/mol. The van der Waals surface area contributed by atoms with Gasteiger partial charge in [-0.3, -0.25) is 0 Å². The summed E-state index contributed by atoms with van der Waals surface area (Å²) in [7, 11) is 0. The van der Waals surface area contributed by atoms with E-state index in [1.165, 1.54) is 44.9 Å². The zero-order chi connectivity index (χ0) is 15.5. The van der Waals surface area contributed by atoms with Crippen molar-refractivity contribution >= 4 is 5.82 Å². The van der Waals surface area contributed by atoms with E-state index in [1.807, 2.05) is 4.57 Å². The molecule has 3 nitrogen and oxygen atoms in total. The normalized spacial score (nSPS) is 10.7. The number of nitrogens with zero attached hydrogens (tertiary/aromatic N) is 2. The van der Waals surface area contributed by atoms with Gasteiger partial charge in [-0.2, -0.15) is 0 Å². The van der Waals surface area contributed by atoms with Gasteiger partial charge in [0.2, 0.25) is 0 Å². The van der Waals surface area contributed by atoms with Crippen LogP contribution < -0.4 is 5.73 Å². The van der Waals surface area contributed by atoms with Crippen LogP contribution >= 0.6 is 0 Å². The predicted octanol–water partition coefficient (Wildman–Crippen LogP) is 4.34. The fraction of sp³-hybridized carbons (Fsp3) is 0.722. The molecule has 3 heteroatoms. The molecule has 118 valence electrons. The summed E-state index contributed by atoms with van der Waals surface area (Å²) in [4.78, 5) is 4.71. The molecule has 0 spiro atoms. The van der Waals surface area contributed by atoms with Crippen molar-refractivity contribution in [2.24, 2.45) is 0 Å². The molecule has 1 aromatic heterocycles. The van der Waals surface area contributed by atoms with Crippen LogP contribution in [0.4, 0.5) is 5.82 Å². The summed E-state index contributed by atoms with van der Waals surface area (Å²) in [5.74, 6) is 4.50. The molecule has 21 heavy (non-hydrogen) atoms. The molecule has 0 aliphatic rings. The average Bonchev–Trinajstić information content (AvgIpc) is 2.76. The molecule has 1 rings (SSSR count). The number of hydrogen-bond donors (Lipinski definition) is 1. The highest BCUT2D eigenvalue weighted by Gasteiger charge is 2.12. The molecule has 0 unspecified atom stereocenters. The summed E-state index contributed by atoms with van der Waals surface area (Å²) >= 11 is 0. The van der Waals surface area contributed by atoms with Crippen molar-refractivity contribution in [3.63, 3.8) is 0 Å². The highest BCUT2D eigenvalue weighted by Crippen LogP contribution is 2.19. The molecule has 0 amide bonds. The van der Waals surface area contributed by atoms with E-state index in [0.717, 1.165) is 36.6 Å². The number of rotatable bonds is 11. The van der Waals surface area contributed by atoms with Crippen molar-refractivity contribution in [3.05, 3.63) is 11.5 Å². The van der Waals surface area contributed by atoms with Crippen molar-refractivity contribution in [3.8, 4) is 12.3 Å². The van der Waals surface area contributed by atoms with Gasteiger partial charge in [0.25, 0.3) is 0 Å². The largest absolute Gasteiger partial charge is 0.384 e. The van der Waals surface area contributed by atoms with Crippen LogP contribution in [0.25, 0.3) is 0 Å². The number of nitrogens with two attached hydrogens (primary N) is 1. The summed E-state index contributed by atoms with van der Waals surface area (Å²) < 4.78 is 2.00. The fourth-order valence-corrected chi connectivity index (χ4v) is 2.68. The molecule has 1 heterocycles. The second-order valence-corrected chi connectivity index (χ2v) is 5.77. The number of terminal acetylenes is 1. The first kappa shape index (κ1) is 17.6. The topological polar surface area (TPSA) is 43.8 Å². The molecular formula is C18H31N3. The fourth-order valence-electron chi connectivity index (χ4n) is 2.68. The lowest BCUT2D eigenvalue weighted by molar-refractivity contribution is 0.587. The third-order valence-electron chi connectivity index (χ3n) is 3.90. The number of anilines is 1. The average molecular weight is 289 g/mol. The number of imidazole rings is 1. The van der Waals surface area contributed by atoms with Crippen LogP contribution in [0.15, 0.2) is 0 Å². The van der Waals surface area contributed by atoms with Crippen molar-refractivity contribution in [1.29, 1.82) is 0 Å². The van der Waals surface area contributed by atoms with E-state index in [0.29, 0.717) is 6.54 Å². The maximum atomic E-state index is 6.21. The van der Waals surface area contributed by atoms with Crippen molar-refractivity contribution < 1.29 is 0 Å². The van der Waals surface area contributed by atoms with Crippen molar-refractivity contribution in [1.82, 2.24) is 9.55 Å². The van der Waals surface area contributed by atoms with Crippen LogP contribution in [0.3, 0.4) is 0 Å². The van der Waals surface area contributed by atoms with Gasteiger partial charge in [-0.1, -0.05) is 58.3 Å². The van der Waals surface area contributed by atoms with Gasteiger partial charge in [-0.05, 0) is 19.3 Å². The minimum atomic E-state index is 0.533. The van der Waals surface area contributed by atoms with Crippen LogP contribution in [0.2, 0.25) is 0 Å². The maximum absolute atomic E-state index is 6.21. The van der Waals surface area contributed by atoms with Crippen LogP contribution in [0, 0.1) is 12.3 Å². The highest BCUT2D eigenvalue weighted by molar-refractivity contribution is 5.39. The van der Waals surface area contributed by atoms with Gasteiger partial charge in [0.05, 0.1) is 12.2 Å². The van der Waals surface area contributed by atoms with E-state index in [9.17, 15) is 0 Å². The van der Waals surface area contributed by atoms with Crippen LogP contribution in [0.5, 0.6) is 0 Å². The van der Waals surface area contributed by atoms with E-state index in [2.05, 4.69) is 19.8 Å². The lowest BCUT2D eigenvalue weighted by Gasteiger charge is -2.05. The van der Waals surface area contributed by atoms with E-state index in [4.69, 9.17) is 17.1 Å². The Labute approximate surface area is 130 Å². The van der Waals surface area contributed by atoms with Gasteiger partial charge < -0.3 is 10.3 Å². The Balaban J connectivity index is 2.44. The Hall–Kier alpha value is -1.43. The number of nitrogen functional groups attached to an aromatic ring is 1. The van der Waals surface area contributed by atoms with Gasteiger partial charge in [0, 0.05) is 6.42 Å². The summed E-state index contributed by atoms with van der Waals surface area (Å²) in [5, 5.41) is 0. The molecule has 1 aromatic rings. The highest BCUT2D eigenvalue weighted by atomic mass is 15.1. The first-order chi connectivity index (χ1) is 10.2. The Morgan fingerprint density at radius 3 is 2.29 bits per heavy atom. The third kappa shape index (κ3) is 5.83. The number of unbranched alkanes of at least 4 members (excludes halogenated alkanes) is 6. The zero-order valence-corrected chi connectivity index (χ0v) is 13.8. The van der Waals surface area contributed by atoms with Crippen molar-refractivity contribution in [2.45, 2.75) is 84.6 Å².